The zero-order valence-corrected chi connectivity index (χ0v) is 67.3. The topological polar surface area (TPSA) is 39.9 Å². The summed E-state index contributed by atoms with van der Waals surface area (Å²) in [7, 11) is 0. The van der Waals surface area contributed by atoms with Crippen LogP contribution in [0.25, 0.3) is 108 Å². The maximum Gasteiger partial charge on any atom is 0.119 e. The quantitative estimate of drug-likeness (QED) is 0.0217. The number of hydrogen-bond donors (Lipinski definition) is 0. The van der Waals surface area contributed by atoms with Crippen molar-refractivity contribution in [1.82, 2.24) is 13.3 Å². The average molecular weight is 1450 g/mol. The summed E-state index contributed by atoms with van der Waals surface area (Å²) in [6.45, 7) is 18.0. The lowest BCUT2D eigenvalue weighted by molar-refractivity contribution is 0.224. The van der Waals surface area contributed by atoms with E-state index in [4.69, 9.17) is 13.5 Å². The Kier molecular flexibility index (Phi) is 25.8. The Bertz CT molecular complexity index is 4870. The predicted octanol–water partition coefficient (Wildman–Crippen LogP) is 31.2. The van der Waals surface area contributed by atoms with Gasteiger partial charge in [-0.3, -0.25) is 0 Å². The van der Waals surface area contributed by atoms with Crippen LogP contribution in [-0.4, -0.2) is 19.9 Å². The van der Waals surface area contributed by atoms with Gasteiger partial charge in [0.05, 0.1) is 34.8 Å². The Hall–Kier alpha value is -7.38. The Morgan fingerprint density at radius 1 is 0.406 bits per heavy atom. The first-order valence-electron chi connectivity index (χ1n) is 42.7. The molecule has 4 nitrogen and oxygen atoms in total. The third-order valence-electron chi connectivity index (χ3n) is 24.7. The first-order valence-corrected chi connectivity index (χ1v) is 44.3. The van der Waals surface area contributed by atoms with Crippen LogP contribution in [0.2, 0.25) is 0 Å². The van der Waals surface area contributed by atoms with E-state index in [1.54, 1.807) is 0 Å². The third-order valence-corrected chi connectivity index (χ3v) is 26.4. The molecule has 3 heterocycles. The molecule has 554 valence electrons. The summed E-state index contributed by atoms with van der Waals surface area (Å²) >= 11 is 3.25. The molecule has 106 heavy (non-hydrogen) atoms. The largest absolute Gasteiger partial charge is 0.493 e. The van der Waals surface area contributed by atoms with E-state index in [1.807, 2.05) is 11.3 Å². The molecule has 0 amide bonds. The smallest absolute Gasteiger partial charge is 0.119 e. The van der Waals surface area contributed by atoms with Crippen LogP contribution >= 0.6 is 23.1 Å². The highest BCUT2D eigenvalue weighted by atomic mass is 32.1. The van der Waals surface area contributed by atoms with Crippen LogP contribution in [0.1, 0.15) is 286 Å². The molecular formula is C100H121N3OS2. The van der Waals surface area contributed by atoms with Crippen LogP contribution in [0.3, 0.4) is 0 Å². The van der Waals surface area contributed by atoms with Crippen molar-refractivity contribution >= 4 is 88.2 Å². The minimum absolute atomic E-state index is 0.507. The van der Waals surface area contributed by atoms with Gasteiger partial charge in [-0.15, -0.1) is 11.3 Å². The minimum Gasteiger partial charge on any atom is -0.493 e. The molecule has 3 aromatic heterocycles. The summed E-state index contributed by atoms with van der Waals surface area (Å²) in [6.07, 6.45) is 43.3. The SMILES string of the molecule is CCCCCCCCC(CCCCCC)COc1ccc2c(c1)C(c1ccc(CCCCCC)cc1)(c1ccc(CCCCCC)cc1)c1c-2c2cccc3c4cccc5c(-c6ccc(-c7ccc(-c8ccc(C)cc8)c8nsnc78)s6)cc6c(c54)c(c23)c1n6CC(CCCCCC)CCCCCCCC. The maximum absolute atomic E-state index is 7.48. The second kappa shape index (κ2) is 36.2. The van der Waals surface area contributed by atoms with Gasteiger partial charge in [-0.05, 0) is 167 Å². The zero-order chi connectivity index (χ0) is 72.8. The van der Waals surface area contributed by atoms with E-state index in [-0.39, 0.29) is 0 Å². The van der Waals surface area contributed by atoms with E-state index in [9.17, 15) is 0 Å². The van der Waals surface area contributed by atoms with Crippen molar-refractivity contribution in [2.75, 3.05) is 6.61 Å². The van der Waals surface area contributed by atoms with Crippen LogP contribution < -0.4 is 4.74 Å². The van der Waals surface area contributed by atoms with Gasteiger partial charge in [-0.2, -0.15) is 8.75 Å². The van der Waals surface area contributed by atoms with Crippen molar-refractivity contribution in [2.45, 2.75) is 279 Å². The predicted molar refractivity (Wildman–Crippen MR) is 463 cm³/mol. The number of ether oxygens (including phenoxy) is 1. The molecule has 0 spiro atoms. The number of thiophene rings is 1. The van der Waals surface area contributed by atoms with Gasteiger partial charge in [0.1, 0.15) is 16.8 Å². The monoisotopic (exact) mass is 1440 g/mol. The van der Waals surface area contributed by atoms with E-state index >= 15 is 0 Å². The van der Waals surface area contributed by atoms with Gasteiger partial charge in [0, 0.05) is 60.1 Å². The number of aromatic nitrogens is 3. The van der Waals surface area contributed by atoms with Crippen molar-refractivity contribution in [2.24, 2.45) is 11.8 Å². The second-order valence-electron chi connectivity index (χ2n) is 32.3. The van der Waals surface area contributed by atoms with Crippen LogP contribution in [0, 0.1) is 18.8 Å². The molecule has 2 atom stereocenters. The molecule has 1 aliphatic rings. The maximum atomic E-state index is 7.48. The van der Waals surface area contributed by atoms with E-state index < -0.39 is 5.41 Å². The van der Waals surface area contributed by atoms with Gasteiger partial charge in [-0.25, -0.2) is 0 Å². The lowest BCUT2D eigenvalue weighted by Gasteiger charge is -2.35. The summed E-state index contributed by atoms with van der Waals surface area (Å²) in [5.74, 6) is 2.05. The van der Waals surface area contributed by atoms with Crippen LogP contribution in [0.5, 0.6) is 5.75 Å². The normalized spacial score (nSPS) is 13.5. The fourth-order valence-corrected chi connectivity index (χ4v) is 20.5. The summed E-state index contributed by atoms with van der Waals surface area (Å²) in [6, 6.07) is 63.7. The highest BCUT2D eigenvalue weighted by Crippen LogP contribution is 2.64. The van der Waals surface area contributed by atoms with Gasteiger partial charge in [0.15, 0.2) is 0 Å². The van der Waals surface area contributed by atoms with Gasteiger partial charge in [-0.1, -0.05) is 341 Å². The Morgan fingerprint density at radius 3 is 1.45 bits per heavy atom. The summed E-state index contributed by atoms with van der Waals surface area (Å²) < 4.78 is 20.5. The van der Waals surface area contributed by atoms with Gasteiger partial charge >= 0.3 is 0 Å². The number of rotatable bonds is 44. The van der Waals surface area contributed by atoms with Gasteiger partial charge < -0.3 is 9.30 Å². The van der Waals surface area contributed by atoms with Crippen LogP contribution in [0.15, 0.2) is 158 Å². The number of unbranched alkanes of at least 4 members (excludes halogenated alkanes) is 22. The minimum atomic E-state index is -0.706. The molecule has 6 heteroatoms. The average Bonchev–Trinajstić information content (AvgIpc) is 1.48. The molecule has 1 aliphatic carbocycles. The highest BCUT2D eigenvalue weighted by molar-refractivity contribution is 7.19. The molecule has 0 bridgehead atoms. The molecule has 10 aromatic carbocycles. The lowest BCUT2D eigenvalue weighted by Crippen LogP contribution is -2.30. The molecule has 0 saturated heterocycles. The number of fused-ring (bicyclic) bond motifs is 7. The second-order valence-corrected chi connectivity index (χ2v) is 34.0. The number of hydrogen-bond acceptors (Lipinski definition) is 5. The van der Waals surface area contributed by atoms with E-state index in [0.29, 0.717) is 11.8 Å². The fourth-order valence-electron chi connectivity index (χ4n) is 18.9. The number of aryl methyl sites for hydroxylation is 3. The summed E-state index contributed by atoms with van der Waals surface area (Å²) in [5, 5.41) is 11.1. The Morgan fingerprint density at radius 2 is 0.877 bits per heavy atom. The van der Waals surface area contributed by atoms with Crippen molar-refractivity contribution in [3.8, 4) is 48.9 Å². The van der Waals surface area contributed by atoms with Crippen molar-refractivity contribution in [3.05, 3.63) is 197 Å². The molecule has 13 aromatic rings. The van der Waals surface area contributed by atoms with Crippen LogP contribution in [0.4, 0.5) is 0 Å². The van der Waals surface area contributed by atoms with E-state index in [0.717, 1.165) is 53.9 Å². The molecule has 2 unspecified atom stereocenters. The molecule has 14 rings (SSSR count). The van der Waals surface area contributed by atoms with Crippen LogP contribution in [-0.2, 0) is 24.8 Å². The zero-order valence-electron chi connectivity index (χ0n) is 65.7. The molecule has 0 fully saturated rings. The van der Waals surface area contributed by atoms with E-state index in [1.165, 1.54) is 342 Å². The number of nitrogens with zero attached hydrogens (tertiary/aromatic N) is 3. The van der Waals surface area contributed by atoms with Gasteiger partial charge in [0.2, 0.25) is 0 Å². The third kappa shape index (κ3) is 15.8. The number of benzene rings is 10. The van der Waals surface area contributed by atoms with Crippen molar-refractivity contribution in [1.29, 1.82) is 0 Å². The molecule has 0 saturated carbocycles. The molecule has 0 N–H and O–H groups in total. The molecular weight excluding hydrogens is 1320 g/mol. The van der Waals surface area contributed by atoms with Gasteiger partial charge in [0.25, 0.3) is 0 Å². The summed E-state index contributed by atoms with van der Waals surface area (Å²) in [5.41, 5.74) is 21.3. The fraction of sp³-hybridized carbons (Fsp3) is 0.460. The van der Waals surface area contributed by atoms with Crippen molar-refractivity contribution < 1.29 is 4.74 Å². The lowest BCUT2D eigenvalue weighted by atomic mass is 9.66. The molecule has 0 radical (unpaired) electrons. The Labute approximate surface area is 644 Å². The molecule has 0 aliphatic heterocycles. The Balaban J connectivity index is 1.03. The first kappa shape index (κ1) is 75.4. The first-order chi connectivity index (χ1) is 52.3. The summed E-state index contributed by atoms with van der Waals surface area (Å²) in [4.78, 5) is 2.51. The standard InChI is InChI=1S/C100H121N3OS2/c1-8-14-20-26-28-34-41-73(40-32-24-18-12-5)68-103-88-67-86(90-65-64-89(105-90)84-63-62-79(97-98(84)102-106-101-97)75-54-48-70(7)49-55-75)82-46-36-44-80-81-45-37-47-85-92(81)95(94(88)91(80)82)99(103)96-93(85)83-61-60-78(104-69-74(42-33-25-19-13-6)43-35-29-27-21-15-9-2)66-87(83)100(96,76-56-50-71(51-57-76)38-30-22-16-10-3)77-58-52-72(53-59-77)39-31-23-17-11-4/h36-37,44-67,73-74H,8-35,38-43,68-69H2,1-7H3. The van der Waals surface area contributed by atoms with Crippen molar-refractivity contribution in [3.63, 3.8) is 0 Å². The van der Waals surface area contributed by atoms with E-state index in [2.05, 4.69) is 211 Å². The highest BCUT2D eigenvalue weighted by Gasteiger charge is 2.50.